The number of aromatic nitrogens is 2. The molecule has 75 heavy (non-hydrogen) atoms. The second-order valence-corrected chi connectivity index (χ2v) is 22.6. The largest absolute Gasteiger partial charge is 0.503 e. The summed E-state index contributed by atoms with van der Waals surface area (Å²) in [7, 11) is 0. The molecular weight excluding hydrogens is 927 g/mol. The molecule has 5 nitrogen and oxygen atoms in total. The van der Waals surface area contributed by atoms with Gasteiger partial charge in [-0.2, -0.15) is 0 Å². The van der Waals surface area contributed by atoms with Crippen molar-refractivity contribution in [3.05, 3.63) is 216 Å². The Morgan fingerprint density at radius 2 is 1.11 bits per heavy atom. The summed E-state index contributed by atoms with van der Waals surface area (Å²) in [6, 6.07) is 62.6. The van der Waals surface area contributed by atoms with Gasteiger partial charge in [-0.1, -0.05) is 148 Å². The lowest BCUT2D eigenvalue weighted by atomic mass is 9.82. The summed E-state index contributed by atoms with van der Waals surface area (Å²) in [5, 5.41) is 2.23. The Kier molecular flexibility index (Phi) is 12.3. The molecule has 0 spiro atoms. The normalized spacial score (nSPS) is 12.7. The molecule has 2 aromatic heterocycles. The van der Waals surface area contributed by atoms with Gasteiger partial charge in [0, 0.05) is 47.3 Å². The molecule has 10 aromatic rings. The van der Waals surface area contributed by atoms with Crippen LogP contribution in [0.15, 0.2) is 182 Å². The van der Waals surface area contributed by atoms with Gasteiger partial charge < -0.3 is 4.74 Å². The zero-order valence-corrected chi connectivity index (χ0v) is 44.4. The van der Waals surface area contributed by atoms with Crippen molar-refractivity contribution in [3.8, 4) is 50.7 Å². The molecule has 0 N–H and O–H groups in total. The minimum Gasteiger partial charge on any atom is -0.457 e. The van der Waals surface area contributed by atoms with Crippen molar-refractivity contribution < 1.29 is 13.5 Å². The number of benzene rings is 8. The van der Waals surface area contributed by atoms with Crippen LogP contribution in [-0.4, -0.2) is 15.6 Å². The van der Waals surface area contributed by atoms with Gasteiger partial charge in [0.25, 0.3) is 11.4 Å². The Morgan fingerprint density at radius 1 is 0.507 bits per heavy atom. The molecule has 1 aliphatic rings. The van der Waals surface area contributed by atoms with Gasteiger partial charge in [-0.25, -0.2) is 13.8 Å². The number of pyridine rings is 1. The van der Waals surface area contributed by atoms with Gasteiger partial charge in [-0.15, -0.1) is 0 Å². The van der Waals surface area contributed by atoms with Gasteiger partial charge in [0.2, 0.25) is 11.4 Å². The van der Waals surface area contributed by atoms with E-state index in [1.165, 1.54) is 34.4 Å². The van der Waals surface area contributed by atoms with Gasteiger partial charge in [0.1, 0.15) is 29.0 Å². The molecule has 0 saturated carbocycles. The molecule has 0 bridgehead atoms. The number of halogens is 2. The van der Waals surface area contributed by atoms with E-state index in [0.29, 0.717) is 22.6 Å². The van der Waals surface area contributed by atoms with Crippen molar-refractivity contribution in [3.63, 3.8) is 0 Å². The van der Waals surface area contributed by atoms with E-state index in [2.05, 4.69) is 216 Å². The Bertz CT molecular complexity index is 3920. The van der Waals surface area contributed by atoms with Crippen molar-refractivity contribution in [1.82, 2.24) is 18.7 Å². The van der Waals surface area contributed by atoms with Crippen LogP contribution in [0.5, 0.6) is 11.5 Å². The molecule has 0 saturated heterocycles. The summed E-state index contributed by atoms with van der Waals surface area (Å²) < 4.78 is 44.1. The summed E-state index contributed by atoms with van der Waals surface area (Å²) in [5.41, 5.74) is 15.1. The lowest BCUT2D eigenvalue weighted by Crippen LogP contribution is -2.12. The number of ether oxygens (including phenoxy) is 1. The number of nitrogens with zero attached hydrogens (tertiary/aromatic N) is 4. The minimum atomic E-state index is -0.645. The molecule has 372 valence electrons. The van der Waals surface area contributed by atoms with E-state index in [0.717, 1.165) is 78.7 Å². The number of rotatable bonds is 10. The van der Waals surface area contributed by atoms with E-state index in [1.54, 1.807) is 0 Å². The average Bonchev–Trinajstić information content (AvgIpc) is 3.94. The first kappa shape index (κ1) is 49.0. The summed E-state index contributed by atoms with van der Waals surface area (Å²) in [4.78, 5) is 4.93. The number of fused-ring (bicyclic) bond motifs is 4. The molecule has 0 unspecified atom stereocenters. The summed E-state index contributed by atoms with van der Waals surface area (Å²) in [6.45, 7) is 22.2. The predicted molar refractivity (Wildman–Crippen MR) is 308 cm³/mol. The molecule has 0 atom stereocenters. The van der Waals surface area contributed by atoms with Crippen LogP contribution in [0.2, 0.25) is 0 Å². The minimum absolute atomic E-state index is 0.0653. The number of para-hydroxylation sites is 4. The molecule has 0 amide bonds. The van der Waals surface area contributed by atoms with Gasteiger partial charge in [-0.3, -0.25) is 4.57 Å². The second-order valence-electron chi connectivity index (χ2n) is 22.6. The molecule has 3 heterocycles. The van der Waals surface area contributed by atoms with Crippen molar-refractivity contribution in [1.29, 1.82) is 0 Å². The van der Waals surface area contributed by atoms with Crippen LogP contribution in [0.3, 0.4) is 0 Å². The molecule has 0 fully saturated rings. The quantitative estimate of drug-likeness (QED) is 0.128. The average molecular weight is 989 g/mol. The monoisotopic (exact) mass is 988 g/mol. The lowest BCUT2D eigenvalue weighted by molar-refractivity contribution is 0.483. The van der Waals surface area contributed by atoms with Crippen LogP contribution in [0, 0.1) is 11.6 Å². The fraction of sp³-hybridized carbons (Fsp3) is 0.206. The second kappa shape index (κ2) is 18.9. The highest BCUT2D eigenvalue weighted by molar-refractivity contribution is 6.09. The van der Waals surface area contributed by atoms with Crippen molar-refractivity contribution in [2.45, 2.75) is 91.9 Å². The topological polar surface area (TPSA) is 33.1 Å². The fourth-order valence-corrected chi connectivity index (χ4v) is 10.6. The highest BCUT2D eigenvalue weighted by atomic mass is 19.1. The third kappa shape index (κ3) is 9.27. The smallest absolute Gasteiger partial charge is 0.457 e. The standard InChI is InChI=1S/C68H62F2N4O/c1-42(2)44-30-45(43(3)4)32-46(31-44)56-20-17-21-57(47-33-50(69)38-51(70)34-47)66(56)73-41-72(62-24-15-16-25-63(62)73)52-35-48(55-18-11-13-22-60(55)68(8,9)10)36-54(39-52)75-53-26-27-59-58-19-12-14-23-61(58)74(64(59)40-53)65-37-49(28-29-71-65)67(5,6)7/h11-40,42-43H,1-10H3/q+2. The van der Waals surface area contributed by atoms with Crippen LogP contribution >= 0.6 is 0 Å². The highest BCUT2D eigenvalue weighted by Crippen LogP contribution is 2.47. The van der Waals surface area contributed by atoms with Crippen LogP contribution in [0.25, 0.3) is 61.0 Å². The zero-order chi connectivity index (χ0) is 52.5. The number of hydrogen-bond donors (Lipinski definition) is 0. The van der Waals surface area contributed by atoms with Gasteiger partial charge >= 0.3 is 6.01 Å². The Morgan fingerprint density at radius 3 is 1.79 bits per heavy atom. The summed E-state index contributed by atoms with van der Waals surface area (Å²) >= 11 is 0. The Labute approximate surface area is 439 Å². The molecule has 8 aromatic carbocycles. The molecule has 0 aliphatic carbocycles. The van der Waals surface area contributed by atoms with Crippen LogP contribution in [0.4, 0.5) is 31.5 Å². The van der Waals surface area contributed by atoms with E-state index in [4.69, 9.17) is 9.72 Å². The van der Waals surface area contributed by atoms with E-state index >= 15 is 8.78 Å². The molecule has 7 heteroatoms. The number of hydrogen-bond acceptors (Lipinski definition) is 2. The lowest BCUT2D eigenvalue weighted by Gasteiger charge is -2.23. The first-order chi connectivity index (χ1) is 35.9. The molecular formula is C68H62F2N4O+2. The maximum atomic E-state index is 15.3. The van der Waals surface area contributed by atoms with E-state index < -0.39 is 11.6 Å². The third-order valence-corrected chi connectivity index (χ3v) is 14.5. The van der Waals surface area contributed by atoms with Crippen LogP contribution in [-0.2, 0) is 10.8 Å². The molecule has 1 aliphatic heterocycles. The van der Waals surface area contributed by atoms with E-state index in [-0.39, 0.29) is 22.7 Å². The molecule has 11 rings (SSSR count). The van der Waals surface area contributed by atoms with Crippen molar-refractivity contribution >= 4 is 50.6 Å². The first-order valence-corrected chi connectivity index (χ1v) is 26.0. The SMILES string of the molecule is CC(C)c1cc(-c2cccc(-c3cc(F)cc(F)c3)c2[N+]2=C=[N+](c3cc(Oc4ccc5c6ccccc6n(-c6cc(C(C)(C)C)ccn6)c5c4)cc(-c4ccccc4C(C)(C)C)c3)c3ccccc32)cc(C(C)C)c1. The van der Waals surface area contributed by atoms with Gasteiger partial charge in [0.15, 0.2) is 0 Å². The highest BCUT2D eigenvalue weighted by Gasteiger charge is 2.40. The van der Waals surface area contributed by atoms with Crippen LogP contribution < -0.4 is 13.9 Å². The van der Waals surface area contributed by atoms with Gasteiger partial charge in [0.05, 0.1) is 28.2 Å². The van der Waals surface area contributed by atoms with Gasteiger partial charge in [-0.05, 0) is 137 Å². The predicted octanol–water partition coefficient (Wildman–Crippen LogP) is 18.9. The van der Waals surface area contributed by atoms with Crippen LogP contribution in [0.1, 0.15) is 103 Å². The zero-order valence-electron chi connectivity index (χ0n) is 44.4. The fourth-order valence-electron chi connectivity index (χ4n) is 10.6. The summed E-state index contributed by atoms with van der Waals surface area (Å²) in [6.07, 6.45) is 1.90. The Hall–Kier alpha value is -8.25. The maximum Gasteiger partial charge on any atom is 0.503 e. The third-order valence-electron chi connectivity index (χ3n) is 14.5. The van der Waals surface area contributed by atoms with E-state index in [9.17, 15) is 0 Å². The molecule has 0 radical (unpaired) electrons. The first-order valence-electron chi connectivity index (χ1n) is 26.0. The summed E-state index contributed by atoms with van der Waals surface area (Å²) in [5.74, 6) is 1.41. The Balaban J connectivity index is 1.15. The van der Waals surface area contributed by atoms with Crippen molar-refractivity contribution in [2.75, 3.05) is 0 Å². The van der Waals surface area contributed by atoms with E-state index in [1.807, 2.05) is 36.5 Å². The van der Waals surface area contributed by atoms with Crippen molar-refractivity contribution in [2.24, 2.45) is 0 Å². The maximum absolute atomic E-state index is 15.3.